The van der Waals surface area contributed by atoms with Crippen molar-refractivity contribution in [3.63, 3.8) is 0 Å². The van der Waals surface area contributed by atoms with Gasteiger partial charge in [-0.2, -0.15) is 13.2 Å². The maximum atomic E-state index is 13.9. The summed E-state index contributed by atoms with van der Waals surface area (Å²) in [6.45, 7) is 0.221. The van der Waals surface area contributed by atoms with Crippen molar-refractivity contribution in [1.29, 1.82) is 0 Å². The normalized spacial score (nSPS) is 11.7. The predicted octanol–water partition coefficient (Wildman–Crippen LogP) is 4.40. The van der Waals surface area contributed by atoms with Crippen molar-refractivity contribution in [3.8, 4) is 0 Å². The zero-order chi connectivity index (χ0) is 16.4. The quantitative estimate of drug-likeness (QED) is 0.727. The lowest BCUT2D eigenvalue weighted by atomic mass is 10.1. The first-order chi connectivity index (χ1) is 10.9. The van der Waals surface area contributed by atoms with Gasteiger partial charge in [0.15, 0.2) is 0 Å². The van der Waals surface area contributed by atoms with Crippen LogP contribution >= 0.6 is 0 Å². The molecule has 3 rings (SSSR count). The minimum absolute atomic E-state index is 0.221. The van der Waals surface area contributed by atoms with Crippen LogP contribution in [0.15, 0.2) is 48.8 Å². The highest BCUT2D eigenvalue weighted by Gasteiger charge is 2.29. The van der Waals surface area contributed by atoms with Crippen molar-refractivity contribution in [1.82, 2.24) is 9.97 Å². The van der Waals surface area contributed by atoms with Gasteiger partial charge in [0.2, 0.25) is 0 Å². The Morgan fingerprint density at radius 1 is 0.957 bits per heavy atom. The SMILES string of the molecule is Fc1cccc2ncnc(NCc3ccc(C(F)(F)F)cc3)c12. The van der Waals surface area contributed by atoms with E-state index in [0.29, 0.717) is 16.9 Å². The fourth-order valence-electron chi connectivity index (χ4n) is 2.20. The van der Waals surface area contributed by atoms with Crippen LogP contribution in [0.25, 0.3) is 10.9 Å². The monoisotopic (exact) mass is 321 g/mol. The highest BCUT2D eigenvalue weighted by Crippen LogP contribution is 2.29. The van der Waals surface area contributed by atoms with Crippen LogP contribution < -0.4 is 5.32 Å². The first kappa shape index (κ1) is 15.2. The molecule has 0 aliphatic rings. The van der Waals surface area contributed by atoms with Gasteiger partial charge in [0.05, 0.1) is 16.5 Å². The molecule has 0 amide bonds. The van der Waals surface area contributed by atoms with E-state index in [4.69, 9.17) is 0 Å². The summed E-state index contributed by atoms with van der Waals surface area (Å²) in [7, 11) is 0. The second-order valence-corrected chi connectivity index (χ2v) is 4.90. The lowest BCUT2D eigenvalue weighted by Crippen LogP contribution is -2.06. The van der Waals surface area contributed by atoms with E-state index in [1.165, 1.54) is 24.5 Å². The lowest BCUT2D eigenvalue weighted by molar-refractivity contribution is -0.137. The molecule has 0 fully saturated rings. The van der Waals surface area contributed by atoms with E-state index in [-0.39, 0.29) is 11.9 Å². The number of benzene rings is 2. The van der Waals surface area contributed by atoms with Crippen LogP contribution in [0.5, 0.6) is 0 Å². The fraction of sp³-hybridized carbons (Fsp3) is 0.125. The third-order valence-corrected chi connectivity index (χ3v) is 3.35. The number of aromatic nitrogens is 2. The molecule has 2 aromatic carbocycles. The summed E-state index contributed by atoms with van der Waals surface area (Å²) in [5, 5.41) is 3.18. The molecule has 0 aliphatic carbocycles. The van der Waals surface area contributed by atoms with E-state index in [2.05, 4.69) is 15.3 Å². The molecule has 1 heterocycles. The minimum Gasteiger partial charge on any atom is -0.365 e. The molecular formula is C16H11F4N3. The molecule has 7 heteroatoms. The second kappa shape index (κ2) is 5.83. The zero-order valence-electron chi connectivity index (χ0n) is 11.7. The average Bonchev–Trinajstić information content (AvgIpc) is 2.52. The molecule has 3 nitrogen and oxygen atoms in total. The second-order valence-electron chi connectivity index (χ2n) is 4.90. The Morgan fingerprint density at radius 3 is 2.39 bits per heavy atom. The molecule has 3 aromatic rings. The van der Waals surface area contributed by atoms with Crippen LogP contribution in [0.3, 0.4) is 0 Å². The summed E-state index contributed by atoms with van der Waals surface area (Å²) in [6.07, 6.45) is -3.06. The van der Waals surface area contributed by atoms with E-state index in [1.54, 1.807) is 12.1 Å². The van der Waals surface area contributed by atoms with Crippen molar-refractivity contribution < 1.29 is 17.6 Å². The number of hydrogen-bond donors (Lipinski definition) is 1. The van der Waals surface area contributed by atoms with Crippen LogP contribution in [-0.2, 0) is 12.7 Å². The predicted molar refractivity (Wildman–Crippen MR) is 78.3 cm³/mol. The molecule has 0 atom stereocenters. The largest absolute Gasteiger partial charge is 0.416 e. The van der Waals surface area contributed by atoms with Gasteiger partial charge >= 0.3 is 6.18 Å². The number of anilines is 1. The van der Waals surface area contributed by atoms with Gasteiger partial charge in [0.25, 0.3) is 0 Å². The maximum Gasteiger partial charge on any atom is 0.416 e. The van der Waals surface area contributed by atoms with Crippen molar-refractivity contribution >= 4 is 16.7 Å². The third kappa shape index (κ3) is 3.23. The van der Waals surface area contributed by atoms with Gasteiger partial charge in [-0.05, 0) is 29.8 Å². The molecule has 0 aliphatic heterocycles. The van der Waals surface area contributed by atoms with Crippen molar-refractivity contribution in [2.75, 3.05) is 5.32 Å². The van der Waals surface area contributed by atoms with Gasteiger partial charge in [0.1, 0.15) is 18.0 Å². The minimum atomic E-state index is -4.36. The molecule has 0 bridgehead atoms. The van der Waals surface area contributed by atoms with Crippen LogP contribution in [0.2, 0.25) is 0 Å². The zero-order valence-corrected chi connectivity index (χ0v) is 11.7. The maximum absolute atomic E-state index is 13.9. The Balaban J connectivity index is 1.81. The molecule has 0 saturated carbocycles. The Kier molecular flexibility index (Phi) is 3.85. The highest BCUT2D eigenvalue weighted by atomic mass is 19.4. The molecule has 118 valence electrons. The number of rotatable bonds is 3. The number of hydrogen-bond acceptors (Lipinski definition) is 3. The Bertz CT molecular complexity index is 824. The van der Waals surface area contributed by atoms with Crippen LogP contribution in [0.1, 0.15) is 11.1 Å². The Hall–Kier alpha value is -2.70. The number of nitrogens with zero attached hydrogens (tertiary/aromatic N) is 2. The summed E-state index contributed by atoms with van der Waals surface area (Å²) in [6, 6.07) is 9.26. The van der Waals surface area contributed by atoms with Crippen LogP contribution in [0.4, 0.5) is 23.4 Å². The molecule has 1 N–H and O–H groups in total. The van der Waals surface area contributed by atoms with E-state index in [9.17, 15) is 17.6 Å². The lowest BCUT2D eigenvalue weighted by Gasteiger charge is -2.10. The van der Waals surface area contributed by atoms with Gasteiger partial charge < -0.3 is 5.32 Å². The van der Waals surface area contributed by atoms with Crippen LogP contribution in [0, 0.1) is 5.82 Å². The molecule has 1 aromatic heterocycles. The molecule has 0 spiro atoms. The summed E-state index contributed by atoms with van der Waals surface area (Å²) in [4.78, 5) is 7.98. The van der Waals surface area contributed by atoms with Gasteiger partial charge in [0, 0.05) is 6.54 Å². The third-order valence-electron chi connectivity index (χ3n) is 3.35. The average molecular weight is 321 g/mol. The Labute approximate surface area is 129 Å². The van der Waals surface area contributed by atoms with Crippen molar-refractivity contribution in [2.45, 2.75) is 12.7 Å². The number of fused-ring (bicyclic) bond motifs is 1. The van der Waals surface area contributed by atoms with Gasteiger partial charge in [-0.3, -0.25) is 0 Å². The smallest absolute Gasteiger partial charge is 0.365 e. The highest BCUT2D eigenvalue weighted by molar-refractivity contribution is 5.89. The molecule has 0 saturated heterocycles. The number of halogens is 4. The fourth-order valence-corrected chi connectivity index (χ4v) is 2.20. The summed E-state index contributed by atoms with van der Waals surface area (Å²) in [5.74, 6) is -0.161. The van der Waals surface area contributed by atoms with E-state index in [0.717, 1.165) is 12.1 Å². The molecule has 23 heavy (non-hydrogen) atoms. The van der Waals surface area contributed by atoms with E-state index >= 15 is 0 Å². The first-order valence-electron chi connectivity index (χ1n) is 6.74. The van der Waals surface area contributed by atoms with Gasteiger partial charge in [-0.25, -0.2) is 14.4 Å². The summed E-state index contributed by atoms with van der Waals surface area (Å²) in [5.41, 5.74) is 0.371. The van der Waals surface area contributed by atoms with Gasteiger partial charge in [-0.15, -0.1) is 0 Å². The summed E-state index contributed by atoms with van der Waals surface area (Å²) < 4.78 is 51.5. The summed E-state index contributed by atoms with van der Waals surface area (Å²) >= 11 is 0. The standard InChI is InChI=1S/C16H11F4N3/c17-12-2-1-3-13-14(12)15(23-9-22-13)21-8-10-4-6-11(7-5-10)16(18,19)20/h1-7,9H,8H2,(H,21,22,23). The number of alkyl halides is 3. The molecular weight excluding hydrogens is 310 g/mol. The number of nitrogens with one attached hydrogen (secondary N) is 1. The van der Waals surface area contributed by atoms with Crippen molar-refractivity contribution in [2.24, 2.45) is 0 Å². The van der Waals surface area contributed by atoms with E-state index in [1.807, 2.05) is 0 Å². The topological polar surface area (TPSA) is 37.8 Å². The van der Waals surface area contributed by atoms with Gasteiger partial charge in [-0.1, -0.05) is 18.2 Å². The Morgan fingerprint density at radius 2 is 1.70 bits per heavy atom. The van der Waals surface area contributed by atoms with E-state index < -0.39 is 17.6 Å². The van der Waals surface area contributed by atoms with Crippen molar-refractivity contribution in [3.05, 3.63) is 65.7 Å². The first-order valence-corrected chi connectivity index (χ1v) is 6.74. The van der Waals surface area contributed by atoms with Crippen LogP contribution in [-0.4, -0.2) is 9.97 Å². The molecule has 0 radical (unpaired) electrons. The molecule has 0 unspecified atom stereocenters.